The van der Waals surface area contributed by atoms with Crippen molar-refractivity contribution in [1.82, 2.24) is 0 Å². The molecule has 1 saturated carbocycles. The third kappa shape index (κ3) is 2.40. The number of nitrogens with one attached hydrogen (secondary N) is 1. The highest BCUT2D eigenvalue weighted by atomic mass is 79.9. The summed E-state index contributed by atoms with van der Waals surface area (Å²) >= 11 is 8.64. The van der Waals surface area contributed by atoms with E-state index in [4.69, 9.17) is 18.0 Å². The average Bonchev–Trinajstić information content (AvgIpc) is 2.66. The fourth-order valence-corrected chi connectivity index (χ4v) is 3.91. The zero-order valence-corrected chi connectivity index (χ0v) is 14.3. The van der Waals surface area contributed by atoms with E-state index in [2.05, 4.69) is 48.9 Å². The smallest absolute Gasteiger partial charge is 0.107 e. The van der Waals surface area contributed by atoms with E-state index in [0.29, 0.717) is 21.7 Å². The number of thiocarbonyl (C=S) groups is 1. The van der Waals surface area contributed by atoms with Crippen LogP contribution in [-0.4, -0.2) is 11.5 Å². The predicted octanol–water partition coefficient (Wildman–Crippen LogP) is 4.18. The monoisotopic (exact) mass is 340 g/mol. The minimum atomic E-state index is 0.384. The summed E-state index contributed by atoms with van der Waals surface area (Å²) in [6.45, 7) is 10.3. The third-order valence-electron chi connectivity index (χ3n) is 5.08. The summed E-state index contributed by atoms with van der Waals surface area (Å²) in [4.78, 5) is 0.421. The van der Waals surface area contributed by atoms with Crippen LogP contribution in [0.4, 0.5) is 5.69 Å². The lowest BCUT2D eigenvalue weighted by Crippen LogP contribution is -2.16. The highest BCUT2D eigenvalue weighted by Crippen LogP contribution is 2.68. The second-order valence-corrected chi connectivity index (χ2v) is 7.70. The summed E-state index contributed by atoms with van der Waals surface area (Å²) in [6.07, 6.45) is 0. The maximum Gasteiger partial charge on any atom is 0.107 e. The van der Waals surface area contributed by atoms with E-state index in [-0.39, 0.29) is 0 Å². The molecule has 0 aliphatic heterocycles. The van der Waals surface area contributed by atoms with Gasteiger partial charge in [-0.25, -0.2) is 0 Å². The Morgan fingerprint density at radius 1 is 1.32 bits per heavy atom. The number of hydrogen-bond acceptors (Lipinski definition) is 2. The molecule has 0 bridgehead atoms. The van der Waals surface area contributed by atoms with Crippen LogP contribution in [0.5, 0.6) is 0 Å². The molecule has 19 heavy (non-hydrogen) atoms. The van der Waals surface area contributed by atoms with Crippen molar-refractivity contribution in [3.8, 4) is 0 Å². The molecule has 104 valence electrons. The topological polar surface area (TPSA) is 38.0 Å². The highest BCUT2D eigenvalue weighted by Gasteiger charge is 2.64. The molecule has 1 aliphatic rings. The zero-order valence-electron chi connectivity index (χ0n) is 11.9. The quantitative estimate of drug-likeness (QED) is 0.807. The van der Waals surface area contributed by atoms with Crippen LogP contribution in [0, 0.1) is 16.7 Å². The molecule has 3 N–H and O–H groups in total. The summed E-state index contributed by atoms with van der Waals surface area (Å²) in [7, 11) is 0. The molecule has 1 aromatic rings. The zero-order chi connectivity index (χ0) is 14.4. The second-order valence-electron chi connectivity index (χ2n) is 6.40. The lowest BCUT2D eigenvalue weighted by atomic mass is 10.0. The first-order valence-corrected chi connectivity index (χ1v) is 7.72. The van der Waals surface area contributed by atoms with Gasteiger partial charge in [0.05, 0.1) is 0 Å². The summed E-state index contributed by atoms with van der Waals surface area (Å²) < 4.78 is 0.944. The van der Waals surface area contributed by atoms with Crippen LogP contribution >= 0.6 is 28.1 Å². The molecule has 1 fully saturated rings. The number of hydrogen-bond donors (Lipinski definition) is 2. The van der Waals surface area contributed by atoms with Crippen molar-refractivity contribution in [2.24, 2.45) is 22.5 Å². The normalized spacial score (nSPS) is 20.1. The Bertz CT molecular complexity index is 509. The first kappa shape index (κ1) is 14.8. The van der Waals surface area contributed by atoms with Gasteiger partial charge in [0.25, 0.3) is 0 Å². The molecule has 1 aliphatic carbocycles. The first-order valence-electron chi connectivity index (χ1n) is 6.51. The largest absolute Gasteiger partial charge is 0.389 e. The highest BCUT2D eigenvalue weighted by molar-refractivity contribution is 9.10. The van der Waals surface area contributed by atoms with Gasteiger partial charge in [0.15, 0.2) is 0 Å². The van der Waals surface area contributed by atoms with Gasteiger partial charge < -0.3 is 11.1 Å². The van der Waals surface area contributed by atoms with E-state index in [1.165, 1.54) is 0 Å². The predicted molar refractivity (Wildman–Crippen MR) is 89.6 cm³/mol. The standard InChI is InChI=1S/C15H21BrN2S/c1-14(2)11(15(14,3)4)8-18-10-7-5-6-9(16)12(10)13(17)19/h5-7,11,18H,8H2,1-4H3,(H2,17,19). The SMILES string of the molecule is CC1(C)C(CNc2cccc(Br)c2C(N)=S)C1(C)C. The summed E-state index contributed by atoms with van der Waals surface area (Å²) in [5, 5.41) is 3.51. The second kappa shape index (κ2) is 4.74. The van der Waals surface area contributed by atoms with Gasteiger partial charge in [-0.05, 0) is 44.8 Å². The van der Waals surface area contributed by atoms with E-state index in [1.54, 1.807) is 0 Å². The van der Waals surface area contributed by atoms with Gasteiger partial charge in [-0.15, -0.1) is 0 Å². The fraction of sp³-hybridized carbons (Fsp3) is 0.533. The lowest BCUT2D eigenvalue weighted by Gasteiger charge is -2.13. The Morgan fingerprint density at radius 2 is 1.89 bits per heavy atom. The van der Waals surface area contributed by atoms with Crippen molar-refractivity contribution < 1.29 is 0 Å². The molecule has 0 aromatic heterocycles. The average molecular weight is 341 g/mol. The Kier molecular flexibility index (Phi) is 3.69. The van der Waals surface area contributed by atoms with Crippen LogP contribution in [0.25, 0.3) is 0 Å². The lowest BCUT2D eigenvalue weighted by molar-refractivity contribution is 0.457. The van der Waals surface area contributed by atoms with Crippen LogP contribution in [0.1, 0.15) is 33.3 Å². The third-order valence-corrected chi connectivity index (χ3v) is 5.94. The van der Waals surface area contributed by atoms with Crippen molar-refractivity contribution in [3.63, 3.8) is 0 Å². The fourth-order valence-electron chi connectivity index (χ4n) is 2.98. The van der Waals surface area contributed by atoms with E-state index in [9.17, 15) is 0 Å². The molecular weight excluding hydrogens is 320 g/mol. The maximum absolute atomic E-state index is 5.81. The Labute approximate surface area is 129 Å². The molecule has 0 unspecified atom stereocenters. The molecular formula is C15H21BrN2S. The number of rotatable bonds is 4. The minimum absolute atomic E-state index is 0.384. The van der Waals surface area contributed by atoms with Crippen molar-refractivity contribution in [1.29, 1.82) is 0 Å². The van der Waals surface area contributed by atoms with Crippen molar-refractivity contribution in [2.75, 3.05) is 11.9 Å². The van der Waals surface area contributed by atoms with Crippen LogP contribution in [0.2, 0.25) is 0 Å². The molecule has 0 saturated heterocycles. The molecule has 2 rings (SSSR count). The van der Waals surface area contributed by atoms with Crippen molar-refractivity contribution in [3.05, 3.63) is 28.2 Å². The van der Waals surface area contributed by atoms with E-state index in [0.717, 1.165) is 22.3 Å². The molecule has 0 heterocycles. The van der Waals surface area contributed by atoms with Crippen molar-refractivity contribution in [2.45, 2.75) is 27.7 Å². The van der Waals surface area contributed by atoms with Gasteiger partial charge in [-0.2, -0.15) is 0 Å². The Hall–Kier alpha value is -0.610. The number of benzene rings is 1. The van der Waals surface area contributed by atoms with E-state index < -0.39 is 0 Å². The van der Waals surface area contributed by atoms with E-state index >= 15 is 0 Å². The molecule has 0 amide bonds. The molecule has 4 heteroatoms. The number of nitrogens with two attached hydrogens (primary N) is 1. The van der Waals surface area contributed by atoms with E-state index in [1.807, 2.05) is 18.2 Å². The molecule has 0 atom stereocenters. The summed E-state index contributed by atoms with van der Waals surface area (Å²) in [6, 6.07) is 5.99. The van der Waals surface area contributed by atoms with Crippen LogP contribution in [-0.2, 0) is 0 Å². The van der Waals surface area contributed by atoms with Crippen LogP contribution < -0.4 is 11.1 Å². The molecule has 2 nitrogen and oxygen atoms in total. The van der Waals surface area contributed by atoms with Gasteiger partial charge in [0, 0.05) is 22.3 Å². The van der Waals surface area contributed by atoms with Gasteiger partial charge in [-0.1, -0.05) is 46.0 Å². The molecule has 1 aromatic carbocycles. The van der Waals surface area contributed by atoms with Crippen LogP contribution in [0.15, 0.2) is 22.7 Å². The van der Waals surface area contributed by atoms with Crippen molar-refractivity contribution >= 4 is 38.8 Å². The van der Waals surface area contributed by atoms with Gasteiger partial charge in [0.2, 0.25) is 0 Å². The summed E-state index contributed by atoms with van der Waals surface area (Å²) in [5.41, 5.74) is 8.49. The Balaban J connectivity index is 2.14. The molecule has 0 radical (unpaired) electrons. The molecule has 0 spiro atoms. The Morgan fingerprint density at radius 3 is 2.37 bits per heavy atom. The first-order chi connectivity index (χ1) is 8.69. The number of anilines is 1. The minimum Gasteiger partial charge on any atom is -0.389 e. The van der Waals surface area contributed by atoms with Gasteiger partial charge in [-0.3, -0.25) is 0 Å². The number of halogens is 1. The van der Waals surface area contributed by atoms with Gasteiger partial charge >= 0.3 is 0 Å². The van der Waals surface area contributed by atoms with Crippen LogP contribution in [0.3, 0.4) is 0 Å². The maximum atomic E-state index is 5.81. The summed E-state index contributed by atoms with van der Waals surface area (Å²) in [5.74, 6) is 0.665. The van der Waals surface area contributed by atoms with Gasteiger partial charge in [0.1, 0.15) is 4.99 Å².